The summed E-state index contributed by atoms with van der Waals surface area (Å²) in [4.78, 5) is 79.3. The quantitative estimate of drug-likeness (QED) is 0.0226. The fraction of sp³-hybridized carbons (Fsp3) is 0.186. The van der Waals surface area contributed by atoms with Crippen LogP contribution < -0.4 is 24.0 Å². The van der Waals surface area contributed by atoms with Gasteiger partial charge in [-0.05, 0) is 109 Å². The molecule has 288 valence electrons. The fourth-order valence-corrected chi connectivity index (χ4v) is 5.59. The van der Waals surface area contributed by atoms with E-state index in [-0.39, 0.29) is 28.7 Å². The summed E-state index contributed by atoms with van der Waals surface area (Å²) < 4.78 is 22.1. The molecular weight excluding hydrogens is 724 g/mol. The highest BCUT2D eigenvalue weighted by Crippen LogP contribution is 2.47. The van der Waals surface area contributed by atoms with E-state index >= 15 is 0 Å². The van der Waals surface area contributed by atoms with E-state index in [4.69, 9.17) is 28.7 Å². The van der Waals surface area contributed by atoms with Gasteiger partial charge in [-0.3, -0.25) is 9.78 Å². The SMILES string of the molecule is C=CC(=O)OCCCCCCOc1ccc(C(=O)Oc2ccc3c(c2)C(C)c2cc(OC(=O)c4ccc(OOC(=O)C=C)c(OOC(=O)C=C)c4)ccc2-3)cc1. The first-order chi connectivity index (χ1) is 27.1. The second-order valence-corrected chi connectivity index (χ2v) is 12.2. The number of unbranched alkanes of at least 4 members (excludes halogenated alkanes) is 3. The first-order valence-corrected chi connectivity index (χ1v) is 17.5. The van der Waals surface area contributed by atoms with Gasteiger partial charge in [0.25, 0.3) is 0 Å². The average molecular weight is 763 g/mol. The van der Waals surface area contributed by atoms with E-state index in [0.29, 0.717) is 30.3 Å². The van der Waals surface area contributed by atoms with Gasteiger partial charge in [0.15, 0.2) is 0 Å². The van der Waals surface area contributed by atoms with Crippen molar-refractivity contribution in [1.82, 2.24) is 0 Å². The lowest BCUT2D eigenvalue weighted by molar-refractivity contribution is -0.220. The molecule has 5 rings (SSSR count). The van der Waals surface area contributed by atoms with E-state index in [0.717, 1.165) is 66.2 Å². The van der Waals surface area contributed by atoms with Crippen molar-refractivity contribution < 1.29 is 62.5 Å². The van der Waals surface area contributed by atoms with Crippen molar-refractivity contribution >= 4 is 29.8 Å². The summed E-state index contributed by atoms with van der Waals surface area (Å²) in [5, 5.41) is 0. The van der Waals surface area contributed by atoms with Crippen molar-refractivity contribution in [1.29, 1.82) is 0 Å². The number of fused-ring (bicyclic) bond motifs is 3. The van der Waals surface area contributed by atoms with Crippen LogP contribution in [0.4, 0.5) is 0 Å². The number of hydrogen-bond acceptors (Lipinski definition) is 13. The Balaban J connectivity index is 1.16. The van der Waals surface area contributed by atoms with Crippen LogP contribution in [0.5, 0.6) is 28.7 Å². The zero-order chi connectivity index (χ0) is 40.0. The molecule has 1 aliphatic rings. The van der Waals surface area contributed by atoms with Gasteiger partial charge in [-0.15, -0.1) is 0 Å². The molecule has 0 aromatic heterocycles. The van der Waals surface area contributed by atoms with Crippen LogP contribution in [0, 0.1) is 0 Å². The summed E-state index contributed by atoms with van der Waals surface area (Å²) in [6.45, 7) is 12.8. The van der Waals surface area contributed by atoms with Crippen LogP contribution in [0.25, 0.3) is 11.1 Å². The predicted octanol–water partition coefficient (Wildman–Crippen LogP) is 7.97. The summed E-state index contributed by atoms with van der Waals surface area (Å²) in [5.74, 6) is -2.84. The predicted molar refractivity (Wildman–Crippen MR) is 201 cm³/mol. The topological polar surface area (TPSA) is 159 Å². The zero-order valence-electron chi connectivity index (χ0n) is 30.5. The molecular formula is C43H38O13. The Hall–Kier alpha value is -7.15. The number of carbonyl (C=O) groups is 5. The molecule has 0 bridgehead atoms. The Morgan fingerprint density at radius 3 is 1.62 bits per heavy atom. The van der Waals surface area contributed by atoms with Crippen LogP contribution in [0.2, 0.25) is 0 Å². The molecule has 13 nitrogen and oxygen atoms in total. The zero-order valence-corrected chi connectivity index (χ0v) is 30.5. The molecule has 0 spiro atoms. The fourth-order valence-electron chi connectivity index (χ4n) is 5.59. The Morgan fingerprint density at radius 1 is 0.554 bits per heavy atom. The number of benzene rings is 4. The van der Waals surface area contributed by atoms with E-state index in [2.05, 4.69) is 29.5 Å². The highest BCUT2D eigenvalue weighted by molar-refractivity contribution is 5.93. The summed E-state index contributed by atoms with van der Waals surface area (Å²) in [6, 6.07) is 21.2. The molecule has 0 saturated heterocycles. The summed E-state index contributed by atoms with van der Waals surface area (Å²) in [5.41, 5.74) is 4.07. The molecule has 56 heavy (non-hydrogen) atoms. The highest BCUT2D eigenvalue weighted by Gasteiger charge is 2.27. The van der Waals surface area contributed by atoms with E-state index in [9.17, 15) is 24.0 Å². The minimum Gasteiger partial charge on any atom is -0.494 e. The molecule has 4 aromatic carbocycles. The van der Waals surface area contributed by atoms with Gasteiger partial charge in [0, 0.05) is 30.2 Å². The first kappa shape index (κ1) is 40.0. The average Bonchev–Trinajstić information content (AvgIpc) is 3.49. The number of ether oxygens (including phenoxy) is 4. The molecule has 13 heteroatoms. The maximum absolute atomic E-state index is 13.2. The summed E-state index contributed by atoms with van der Waals surface area (Å²) in [6.07, 6.45) is 6.33. The van der Waals surface area contributed by atoms with Crippen molar-refractivity contribution in [2.45, 2.75) is 38.5 Å². The van der Waals surface area contributed by atoms with Gasteiger partial charge in [0.1, 0.15) is 17.2 Å². The maximum atomic E-state index is 13.2. The van der Waals surface area contributed by atoms with Crippen LogP contribution >= 0.6 is 0 Å². The molecule has 0 radical (unpaired) electrons. The lowest BCUT2D eigenvalue weighted by atomic mass is 9.99. The smallest absolute Gasteiger partial charge is 0.378 e. The second kappa shape index (κ2) is 19.3. The van der Waals surface area contributed by atoms with Gasteiger partial charge >= 0.3 is 29.8 Å². The van der Waals surface area contributed by atoms with E-state index < -0.39 is 29.8 Å². The number of hydrogen-bond donors (Lipinski definition) is 0. The van der Waals surface area contributed by atoms with Crippen molar-refractivity contribution in [3.05, 3.63) is 139 Å². The van der Waals surface area contributed by atoms with Gasteiger partial charge in [-0.1, -0.05) is 38.8 Å². The van der Waals surface area contributed by atoms with Crippen LogP contribution in [0.15, 0.2) is 117 Å². The molecule has 4 aromatic rings. The third-order valence-electron chi connectivity index (χ3n) is 8.44. The molecule has 0 N–H and O–H groups in total. The summed E-state index contributed by atoms with van der Waals surface area (Å²) >= 11 is 0. The van der Waals surface area contributed by atoms with Crippen molar-refractivity contribution in [2.24, 2.45) is 0 Å². The lowest BCUT2D eigenvalue weighted by Gasteiger charge is -2.11. The van der Waals surface area contributed by atoms with Gasteiger partial charge in [0.05, 0.1) is 24.3 Å². The first-order valence-electron chi connectivity index (χ1n) is 17.5. The van der Waals surface area contributed by atoms with E-state index in [1.807, 2.05) is 25.1 Å². The Labute approximate surface area is 322 Å². The standard InChI is InChI=1S/C43H38O13/c1-5-39(44)50-23-11-9-8-10-22-49-30-15-12-28(13-16-30)42(47)51-31-17-19-33-34-20-18-32(26-36(34)27(4)35(33)25-31)52-43(48)29-14-21-37(53-55-40(45)6-2)38(24-29)54-56-41(46)7-3/h5-7,12-21,24-27H,1-3,8-11,22-23H2,4H3. The minimum absolute atomic E-state index is 0.00327. The van der Waals surface area contributed by atoms with Crippen molar-refractivity contribution in [3.8, 4) is 39.9 Å². The molecule has 1 unspecified atom stereocenters. The monoisotopic (exact) mass is 762 g/mol. The highest BCUT2D eigenvalue weighted by atomic mass is 17.2. The summed E-state index contributed by atoms with van der Waals surface area (Å²) in [7, 11) is 0. The number of rotatable bonds is 19. The van der Waals surface area contributed by atoms with Crippen molar-refractivity contribution in [3.63, 3.8) is 0 Å². The third kappa shape index (κ3) is 10.5. The Morgan fingerprint density at radius 2 is 1.05 bits per heavy atom. The second-order valence-electron chi connectivity index (χ2n) is 12.2. The largest absolute Gasteiger partial charge is 0.494 e. The molecule has 0 saturated carbocycles. The van der Waals surface area contributed by atoms with Crippen molar-refractivity contribution in [2.75, 3.05) is 13.2 Å². The molecule has 0 fully saturated rings. The minimum atomic E-state index is -0.926. The number of carbonyl (C=O) groups excluding carboxylic acids is 5. The normalized spacial score (nSPS) is 12.1. The van der Waals surface area contributed by atoms with Crippen LogP contribution in [-0.2, 0) is 28.9 Å². The molecule has 0 heterocycles. The molecule has 0 amide bonds. The molecule has 1 aliphatic carbocycles. The van der Waals surface area contributed by atoms with E-state index in [1.165, 1.54) is 18.2 Å². The maximum Gasteiger partial charge on any atom is 0.378 e. The Kier molecular flexibility index (Phi) is 13.8. The van der Waals surface area contributed by atoms with Crippen LogP contribution in [0.3, 0.4) is 0 Å². The van der Waals surface area contributed by atoms with Gasteiger partial charge in [0.2, 0.25) is 11.5 Å². The number of esters is 3. The van der Waals surface area contributed by atoms with Gasteiger partial charge < -0.3 is 18.9 Å². The van der Waals surface area contributed by atoms with Crippen LogP contribution in [0.1, 0.15) is 70.4 Å². The van der Waals surface area contributed by atoms with Crippen LogP contribution in [-0.4, -0.2) is 43.1 Å². The molecule has 1 atom stereocenters. The lowest BCUT2D eigenvalue weighted by Crippen LogP contribution is -2.11. The van der Waals surface area contributed by atoms with Gasteiger partial charge in [-0.25, -0.2) is 33.7 Å². The third-order valence-corrected chi connectivity index (χ3v) is 8.44. The molecule has 0 aliphatic heterocycles. The van der Waals surface area contributed by atoms with E-state index in [1.54, 1.807) is 42.5 Å². The van der Waals surface area contributed by atoms with Gasteiger partial charge in [-0.2, -0.15) is 0 Å². The Bertz CT molecular complexity index is 2130.